The predicted octanol–water partition coefficient (Wildman–Crippen LogP) is 1.54. The molecule has 3 rings (SSSR count). The van der Waals surface area contributed by atoms with Crippen LogP contribution < -0.4 is 5.32 Å². The van der Waals surface area contributed by atoms with Gasteiger partial charge in [0, 0.05) is 18.4 Å². The zero-order chi connectivity index (χ0) is 12.8. The molecular formula is C13H17N3O2. The number of urea groups is 1. The van der Waals surface area contributed by atoms with Crippen molar-refractivity contribution in [2.24, 2.45) is 5.41 Å². The van der Waals surface area contributed by atoms with Gasteiger partial charge in [-0.3, -0.25) is 9.69 Å². The van der Waals surface area contributed by atoms with Gasteiger partial charge in [0.15, 0.2) is 0 Å². The summed E-state index contributed by atoms with van der Waals surface area (Å²) in [6.07, 6.45) is 5.87. The fraction of sp³-hybridized carbons (Fsp3) is 0.769. The van der Waals surface area contributed by atoms with Gasteiger partial charge in [0.05, 0.1) is 6.07 Å². The summed E-state index contributed by atoms with van der Waals surface area (Å²) >= 11 is 0. The number of rotatable bonds is 3. The van der Waals surface area contributed by atoms with Crippen molar-refractivity contribution in [2.75, 3.05) is 6.54 Å². The third-order valence-corrected chi connectivity index (χ3v) is 4.61. The molecule has 96 valence electrons. The lowest BCUT2D eigenvalue weighted by atomic mass is 9.97. The van der Waals surface area contributed by atoms with Crippen LogP contribution >= 0.6 is 0 Å². The van der Waals surface area contributed by atoms with Crippen LogP contribution in [0.5, 0.6) is 0 Å². The summed E-state index contributed by atoms with van der Waals surface area (Å²) in [5.41, 5.74) is -0.717. The summed E-state index contributed by atoms with van der Waals surface area (Å²) in [6.45, 7) is 0.424. The Morgan fingerprint density at radius 2 is 1.89 bits per heavy atom. The summed E-state index contributed by atoms with van der Waals surface area (Å²) in [4.78, 5) is 25.7. The Hall–Kier alpha value is -1.57. The maximum absolute atomic E-state index is 12.4. The number of carbonyl (C=O) groups is 2. The molecule has 1 aliphatic heterocycles. The van der Waals surface area contributed by atoms with Crippen LogP contribution in [0.3, 0.4) is 0 Å². The van der Waals surface area contributed by atoms with Crippen molar-refractivity contribution in [2.45, 2.75) is 50.5 Å². The van der Waals surface area contributed by atoms with E-state index in [1.807, 2.05) is 0 Å². The molecule has 2 saturated carbocycles. The van der Waals surface area contributed by atoms with E-state index in [0.29, 0.717) is 13.0 Å². The Kier molecular flexibility index (Phi) is 2.37. The molecule has 0 unspecified atom stereocenters. The standard InChI is InChI=1S/C13H17N3O2/c14-8-7-12(5-6-12)9-16-10(17)13(15-11(16)18)3-1-2-4-13/h1-7,9H2,(H,15,18). The van der Waals surface area contributed by atoms with E-state index in [9.17, 15) is 9.59 Å². The highest BCUT2D eigenvalue weighted by atomic mass is 16.2. The van der Waals surface area contributed by atoms with E-state index in [4.69, 9.17) is 5.26 Å². The highest BCUT2D eigenvalue weighted by Crippen LogP contribution is 2.50. The lowest BCUT2D eigenvalue weighted by Crippen LogP contribution is -2.44. The fourth-order valence-corrected chi connectivity index (χ4v) is 3.21. The first-order valence-electron chi connectivity index (χ1n) is 6.62. The van der Waals surface area contributed by atoms with Gasteiger partial charge in [-0.15, -0.1) is 0 Å². The molecular weight excluding hydrogens is 230 g/mol. The number of nitrogens with one attached hydrogen (secondary N) is 1. The first kappa shape index (κ1) is 11.5. The van der Waals surface area contributed by atoms with Gasteiger partial charge < -0.3 is 5.32 Å². The molecule has 3 amide bonds. The van der Waals surface area contributed by atoms with Gasteiger partial charge in [-0.05, 0) is 25.7 Å². The minimum Gasteiger partial charge on any atom is -0.323 e. The molecule has 2 aliphatic carbocycles. The molecule has 0 bridgehead atoms. The Balaban J connectivity index is 1.76. The van der Waals surface area contributed by atoms with Crippen molar-refractivity contribution < 1.29 is 9.59 Å². The second-order valence-electron chi connectivity index (χ2n) is 5.95. The van der Waals surface area contributed by atoms with E-state index in [0.717, 1.165) is 38.5 Å². The molecule has 0 atom stereocenters. The first-order valence-corrected chi connectivity index (χ1v) is 6.62. The van der Waals surface area contributed by atoms with Gasteiger partial charge in [0.1, 0.15) is 5.54 Å². The minimum atomic E-state index is -0.611. The van der Waals surface area contributed by atoms with Crippen LogP contribution in [0.15, 0.2) is 0 Å². The first-order chi connectivity index (χ1) is 8.61. The highest BCUT2D eigenvalue weighted by Gasteiger charge is 2.55. The summed E-state index contributed by atoms with van der Waals surface area (Å²) < 4.78 is 0. The second kappa shape index (κ2) is 3.71. The Labute approximate surface area is 106 Å². The second-order valence-corrected chi connectivity index (χ2v) is 5.95. The quantitative estimate of drug-likeness (QED) is 0.769. The Morgan fingerprint density at radius 1 is 1.22 bits per heavy atom. The third-order valence-electron chi connectivity index (χ3n) is 4.61. The molecule has 1 saturated heterocycles. The summed E-state index contributed by atoms with van der Waals surface area (Å²) in [6, 6.07) is 1.91. The topological polar surface area (TPSA) is 73.2 Å². The molecule has 3 aliphatic rings. The summed E-state index contributed by atoms with van der Waals surface area (Å²) in [5, 5.41) is 11.7. The number of carbonyl (C=O) groups excluding carboxylic acids is 2. The number of amides is 3. The van der Waals surface area contributed by atoms with Crippen LogP contribution in [-0.2, 0) is 4.79 Å². The Morgan fingerprint density at radius 3 is 2.44 bits per heavy atom. The molecule has 5 heteroatoms. The van der Waals surface area contributed by atoms with Gasteiger partial charge in [-0.25, -0.2) is 4.79 Å². The number of nitrogens with zero attached hydrogens (tertiary/aromatic N) is 2. The van der Waals surface area contributed by atoms with Crippen molar-refractivity contribution in [3.05, 3.63) is 0 Å². The molecule has 1 N–H and O–H groups in total. The predicted molar refractivity (Wildman–Crippen MR) is 63.3 cm³/mol. The van der Waals surface area contributed by atoms with Crippen LogP contribution in [0.4, 0.5) is 4.79 Å². The fourth-order valence-electron chi connectivity index (χ4n) is 3.21. The molecule has 0 aromatic rings. The number of hydrogen-bond donors (Lipinski definition) is 1. The smallest absolute Gasteiger partial charge is 0.323 e. The largest absolute Gasteiger partial charge is 0.325 e. The maximum atomic E-state index is 12.4. The average Bonchev–Trinajstić information content (AvgIpc) is 2.86. The van der Waals surface area contributed by atoms with E-state index in [1.54, 1.807) is 0 Å². The third kappa shape index (κ3) is 1.59. The van der Waals surface area contributed by atoms with Crippen LogP contribution in [0.2, 0.25) is 0 Å². The van der Waals surface area contributed by atoms with Crippen molar-refractivity contribution in [3.63, 3.8) is 0 Å². The lowest BCUT2D eigenvalue weighted by molar-refractivity contribution is -0.131. The van der Waals surface area contributed by atoms with E-state index in [2.05, 4.69) is 11.4 Å². The van der Waals surface area contributed by atoms with Crippen LogP contribution in [-0.4, -0.2) is 28.9 Å². The van der Waals surface area contributed by atoms with Crippen molar-refractivity contribution >= 4 is 11.9 Å². The number of nitriles is 1. The number of hydrogen-bond acceptors (Lipinski definition) is 3. The maximum Gasteiger partial charge on any atom is 0.325 e. The average molecular weight is 247 g/mol. The van der Waals surface area contributed by atoms with Gasteiger partial charge in [0.25, 0.3) is 5.91 Å². The number of imide groups is 1. The van der Waals surface area contributed by atoms with Crippen LogP contribution in [0.25, 0.3) is 0 Å². The Bertz CT molecular complexity index is 442. The molecule has 5 nitrogen and oxygen atoms in total. The molecule has 0 aromatic heterocycles. The minimum absolute atomic E-state index is 0.0609. The summed E-state index contributed by atoms with van der Waals surface area (Å²) in [5.74, 6) is -0.0609. The van der Waals surface area contributed by atoms with Gasteiger partial charge >= 0.3 is 6.03 Å². The zero-order valence-electron chi connectivity index (χ0n) is 10.4. The van der Waals surface area contributed by atoms with Gasteiger partial charge in [-0.2, -0.15) is 5.26 Å². The van der Waals surface area contributed by atoms with E-state index < -0.39 is 5.54 Å². The molecule has 18 heavy (non-hydrogen) atoms. The molecule has 0 radical (unpaired) electrons. The monoisotopic (exact) mass is 247 g/mol. The highest BCUT2D eigenvalue weighted by molar-refractivity contribution is 6.07. The van der Waals surface area contributed by atoms with Gasteiger partial charge in [0.2, 0.25) is 0 Å². The van der Waals surface area contributed by atoms with Crippen molar-refractivity contribution in [1.82, 2.24) is 10.2 Å². The van der Waals surface area contributed by atoms with Crippen molar-refractivity contribution in [1.29, 1.82) is 5.26 Å². The SMILES string of the molecule is N#CCC1(CN2C(=O)NC3(CCCC3)C2=O)CC1. The van der Waals surface area contributed by atoms with E-state index in [-0.39, 0.29) is 17.4 Å². The van der Waals surface area contributed by atoms with Gasteiger partial charge in [-0.1, -0.05) is 12.8 Å². The van der Waals surface area contributed by atoms with E-state index >= 15 is 0 Å². The lowest BCUT2D eigenvalue weighted by Gasteiger charge is -2.22. The van der Waals surface area contributed by atoms with Crippen LogP contribution in [0, 0.1) is 16.7 Å². The zero-order valence-corrected chi connectivity index (χ0v) is 10.4. The van der Waals surface area contributed by atoms with E-state index in [1.165, 1.54) is 4.90 Å². The molecule has 0 aromatic carbocycles. The molecule has 1 heterocycles. The molecule has 1 spiro atoms. The molecule has 3 fully saturated rings. The summed E-state index contributed by atoms with van der Waals surface area (Å²) in [7, 11) is 0. The normalized spacial score (nSPS) is 27.4. The van der Waals surface area contributed by atoms with Crippen molar-refractivity contribution in [3.8, 4) is 6.07 Å². The van der Waals surface area contributed by atoms with Crippen LogP contribution in [0.1, 0.15) is 44.9 Å².